The Hall–Kier alpha value is -0.630. The Balaban J connectivity index is 2.58. The van der Waals surface area contributed by atoms with Gasteiger partial charge in [-0.25, -0.2) is 0 Å². The van der Waals surface area contributed by atoms with Crippen LogP contribution in [-0.2, 0) is 0 Å². The van der Waals surface area contributed by atoms with Crippen LogP contribution in [0.15, 0.2) is 0 Å². The molecule has 1 aliphatic heterocycles. The Bertz CT molecular complexity index is 190. The molecule has 0 aromatic heterocycles. The van der Waals surface area contributed by atoms with Crippen molar-refractivity contribution in [3.05, 3.63) is 0 Å². The Morgan fingerprint density at radius 3 is 2.92 bits per heavy atom. The highest BCUT2D eigenvalue weighted by Crippen LogP contribution is 2.19. The van der Waals surface area contributed by atoms with Gasteiger partial charge in [-0.3, -0.25) is 4.90 Å². The molecule has 0 saturated carbocycles. The second-order valence-corrected chi connectivity index (χ2v) is 3.23. The molecular formula is C8H14N2O2. The molecule has 2 N–H and O–H groups in total. The van der Waals surface area contributed by atoms with Gasteiger partial charge in [0.05, 0.1) is 24.8 Å². The van der Waals surface area contributed by atoms with E-state index in [4.69, 9.17) is 10.4 Å². The highest BCUT2D eigenvalue weighted by atomic mass is 16.3. The monoisotopic (exact) mass is 170 g/mol. The molecule has 12 heavy (non-hydrogen) atoms. The van der Waals surface area contributed by atoms with Gasteiger partial charge in [-0.2, -0.15) is 5.26 Å². The summed E-state index contributed by atoms with van der Waals surface area (Å²) in [6.45, 7) is 2.30. The zero-order valence-corrected chi connectivity index (χ0v) is 7.14. The van der Waals surface area contributed by atoms with E-state index in [0.717, 1.165) is 0 Å². The van der Waals surface area contributed by atoms with Gasteiger partial charge in [-0.1, -0.05) is 0 Å². The summed E-state index contributed by atoms with van der Waals surface area (Å²) < 4.78 is 0. The van der Waals surface area contributed by atoms with Crippen molar-refractivity contribution in [2.75, 3.05) is 13.2 Å². The van der Waals surface area contributed by atoms with E-state index >= 15 is 0 Å². The lowest BCUT2D eigenvalue weighted by atomic mass is 10.2. The minimum atomic E-state index is -0.391. The minimum Gasteiger partial charge on any atom is -0.395 e. The lowest BCUT2D eigenvalue weighted by molar-refractivity contribution is 0.140. The van der Waals surface area contributed by atoms with Crippen molar-refractivity contribution < 1.29 is 10.2 Å². The van der Waals surface area contributed by atoms with Crippen molar-refractivity contribution in [2.45, 2.75) is 31.5 Å². The van der Waals surface area contributed by atoms with E-state index in [1.165, 1.54) is 0 Å². The predicted octanol–water partition coefficient (Wildman–Crippen LogP) is -0.674. The van der Waals surface area contributed by atoms with Crippen LogP contribution in [0.5, 0.6) is 0 Å². The number of nitriles is 1. The number of nitrogens with zero attached hydrogens (tertiary/aromatic N) is 2. The summed E-state index contributed by atoms with van der Waals surface area (Å²) in [5.41, 5.74) is 0. The van der Waals surface area contributed by atoms with Gasteiger partial charge in [0.15, 0.2) is 0 Å². The first kappa shape index (κ1) is 9.46. The summed E-state index contributed by atoms with van der Waals surface area (Å²) in [5.74, 6) is 0. The van der Waals surface area contributed by atoms with Crippen LogP contribution in [-0.4, -0.2) is 46.5 Å². The number of β-amino-alcohol motifs (C(OH)–C–C–N with tert-alkyl or cyclic N) is 1. The standard InChI is InChI=1S/C8H14N2O2/c1-6(3-9)10-4-8(12)2-7(10)5-11/h6-8,11-12H,2,4-5H2,1H3/t6?,7-,8+/m0/s1. The van der Waals surface area contributed by atoms with Crippen LogP contribution < -0.4 is 0 Å². The second-order valence-electron chi connectivity index (χ2n) is 3.23. The van der Waals surface area contributed by atoms with E-state index in [9.17, 15) is 5.11 Å². The van der Waals surface area contributed by atoms with Crippen molar-refractivity contribution >= 4 is 0 Å². The predicted molar refractivity (Wildman–Crippen MR) is 43.3 cm³/mol. The van der Waals surface area contributed by atoms with Crippen LogP contribution in [0.2, 0.25) is 0 Å². The molecule has 0 amide bonds. The molecule has 68 valence electrons. The molecule has 4 heteroatoms. The summed E-state index contributed by atoms with van der Waals surface area (Å²) in [7, 11) is 0. The van der Waals surface area contributed by atoms with Crippen molar-refractivity contribution in [3.8, 4) is 6.07 Å². The van der Waals surface area contributed by atoms with Crippen molar-refractivity contribution in [3.63, 3.8) is 0 Å². The van der Waals surface area contributed by atoms with E-state index in [1.54, 1.807) is 6.92 Å². The molecule has 1 rings (SSSR count). The number of hydrogen-bond acceptors (Lipinski definition) is 4. The Kier molecular flexibility index (Phi) is 3.04. The molecule has 1 saturated heterocycles. The van der Waals surface area contributed by atoms with Gasteiger partial charge >= 0.3 is 0 Å². The molecule has 1 heterocycles. The van der Waals surface area contributed by atoms with Crippen LogP contribution in [0.1, 0.15) is 13.3 Å². The van der Waals surface area contributed by atoms with Gasteiger partial charge < -0.3 is 10.2 Å². The number of hydrogen-bond donors (Lipinski definition) is 2. The van der Waals surface area contributed by atoms with E-state index in [2.05, 4.69) is 6.07 Å². The average Bonchev–Trinajstić information content (AvgIpc) is 2.45. The lowest BCUT2D eigenvalue weighted by Gasteiger charge is -2.24. The molecule has 1 fully saturated rings. The highest BCUT2D eigenvalue weighted by molar-refractivity contribution is 4.96. The number of rotatable bonds is 2. The lowest BCUT2D eigenvalue weighted by Crippen LogP contribution is -2.38. The normalized spacial score (nSPS) is 33.2. The molecule has 0 bridgehead atoms. The zero-order chi connectivity index (χ0) is 9.14. The van der Waals surface area contributed by atoms with Crippen LogP contribution in [0.4, 0.5) is 0 Å². The van der Waals surface area contributed by atoms with Crippen molar-refractivity contribution in [2.24, 2.45) is 0 Å². The van der Waals surface area contributed by atoms with E-state index in [0.29, 0.717) is 13.0 Å². The molecule has 1 aliphatic rings. The Labute approximate surface area is 72.0 Å². The molecule has 0 aromatic carbocycles. The fourth-order valence-corrected chi connectivity index (χ4v) is 1.64. The van der Waals surface area contributed by atoms with Gasteiger partial charge in [0.2, 0.25) is 0 Å². The Morgan fingerprint density at radius 1 is 1.75 bits per heavy atom. The summed E-state index contributed by atoms with van der Waals surface area (Å²) in [6.07, 6.45) is 0.181. The fourth-order valence-electron chi connectivity index (χ4n) is 1.64. The zero-order valence-electron chi connectivity index (χ0n) is 7.14. The smallest absolute Gasteiger partial charge is 0.0953 e. The van der Waals surface area contributed by atoms with Gasteiger partial charge in [-0.15, -0.1) is 0 Å². The van der Waals surface area contributed by atoms with E-state index in [1.807, 2.05) is 4.90 Å². The van der Waals surface area contributed by atoms with Crippen LogP contribution in [0.25, 0.3) is 0 Å². The van der Waals surface area contributed by atoms with Crippen LogP contribution >= 0.6 is 0 Å². The molecule has 0 aromatic rings. The van der Waals surface area contributed by atoms with E-state index in [-0.39, 0.29) is 18.7 Å². The quantitative estimate of drug-likeness (QED) is 0.576. The summed E-state index contributed by atoms with van der Waals surface area (Å²) >= 11 is 0. The third kappa shape index (κ3) is 1.75. The first-order valence-corrected chi connectivity index (χ1v) is 4.13. The molecule has 1 unspecified atom stereocenters. The number of aliphatic hydroxyl groups is 2. The first-order chi connectivity index (χ1) is 5.69. The molecule has 0 spiro atoms. The molecule has 0 radical (unpaired) electrons. The molecule has 0 aliphatic carbocycles. The fraction of sp³-hybridized carbons (Fsp3) is 0.875. The molecule has 4 nitrogen and oxygen atoms in total. The molecular weight excluding hydrogens is 156 g/mol. The third-order valence-electron chi connectivity index (χ3n) is 2.33. The van der Waals surface area contributed by atoms with Gasteiger partial charge in [0.25, 0.3) is 0 Å². The Morgan fingerprint density at radius 2 is 2.42 bits per heavy atom. The highest BCUT2D eigenvalue weighted by Gasteiger charge is 2.33. The third-order valence-corrected chi connectivity index (χ3v) is 2.33. The topological polar surface area (TPSA) is 67.5 Å². The van der Waals surface area contributed by atoms with Crippen molar-refractivity contribution in [1.29, 1.82) is 5.26 Å². The minimum absolute atomic E-state index is 0.0169. The SMILES string of the molecule is CC(C#N)N1C[C@H](O)C[C@H]1CO. The number of aliphatic hydroxyl groups excluding tert-OH is 2. The average molecular weight is 170 g/mol. The van der Waals surface area contributed by atoms with Gasteiger partial charge in [-0.05, 0) is 13.3 Å². The number of likely N-dealkylation sites (tertiary alicyclic amines) is 1. The maximum atomic E-state index is 9.28. The summed E-state index contributed by atoms with van der Waals surface area (Å²) in [6, 6.07) is 1.83. The summed E-state index contributed by atoms with van der Waals surface area (Å²) in [4.78, 5) is 1.84. The second kappa shape index (κ2) is 3.85. The largest absolute Gasteiger partial charge is 0.395 e. The summed E-state index contributed by atoms with van der Waals surface area (Å²) in [5, 5.41) is 26.9. The van der Waals surface area contributed by atoms with Crippen molar-refractivity contribution in [1.82, 2.24) is 4.90 Å². The van der Waals surface area contributed by atoms with Crippen LogP contribution in [0, 0.1) is 11.3 Å². The molecule has 3 atom stereocenters. The maximum absolute atomic E-state index is 9.28. The maximum Gasteiger partial charge on any atom is 0.0953 e. The van der Waals surface area contributed by atoms with Crippen LogP contribution in [0.3, 0.4) is 0 Å². The van der Waals surface area contributed by atoms with Gasteiger partial charge in [0, 0.05) is 12.6 Å². The van der Waals surface area contributed by atoms with Gasteiger partial charge in [0.1, 0.15) is 0 Å². The van der Waals surface area contributed by atoms with E-state index < -0.39 is 6.10 Å². The first-order valence-electron chi connectivity index (χ1n) is 4.13.